The molecule has 1 fully saturated rings. The number of aliphatic carboxylic acids is 1. The Labute approximate surface area is 98.7 Å². The van der Waals surface area contributed by atoms with Crippen LogP contribution < -0.4 is 0 Å². The topological polar surface area (TPSA) is 37.3 Å². The largest absolute Gasteiger partial charge is 0.478 e. The molecule has 1 N–H and O–H groups in total. The maximum Gasteiger partial charge on any atom is 0.331 e. The number of allylic oxidation sites excluding steroid dienone is 1. The van der Waals surface area contributed by atoms with Crippen molar-refractivity contribution in [1.29, 1.82) is 0 Å². The van der Waals surface area contributed by atoms with E-state index in [9.17, 15) is 4.79 Å². The number of hydrogen-bond donors (Lipinski definition) is 1. The third kappa shape index (κ3) is 2.87. The van der Waals surface area contributed by atoms with Crippen LogP contribution in [0, 0.1) is 11.3 Å². The molecule has 16 heavy (non-hydrogen) atoms. The van der Waals surface area contributed by atoms with E-state index in [0.29, 0.717) is 11.0 Å². The van der Waals surface area contributed by atoms with E-state index in [0.717, 1.165) is 37.2 Å². The fraction of sp³-hybridized carbons (Fsp3) is 0.786. The van der Waals surface area contributed by atoms with E-state index in [1.54, 1.807) is 6.92 Å². The van der Waals surface area contributed by atoms with Gasteiger partial charge in [-0.1, -0.05) is 32.8 Å². The van der Waals surface area contributed by atoms with Crippen molar-refractivity contribution in [2.24, 2.45) is 11.3 Å². The summed E-state index contributed by atoms with van der Waals surface area (Å²) in [5.74, 6) is 0.00560. The third-order valence-corrected chi connectivity index (χ3v) is 4.46. The lowest BCUT2D eigenvalue weighted by molar-refractivity contribution is -0.132. The monoisotopic (exact) mass is 224 g/mol. The molecule has 0 heterocycles. The molecular formula is C14H24O2. The lowest BCUT2D eigenvalue weighted by Crippen LogP contribution is -2.26. The molecular weight excluding hydrogens is 200 g/mol. The van der Waals surface area contributed by atoms with Crippen molar-refractivity contribution in [3.05, 3.63) is 11.1 Å². The highest BCUT2D eigenvalue weighted by Crippen LogP contribution is 2.42. The van der Waals surface area contributed by atoms with Gasteiger partial charge < -0.3 is 5.11 Å². The van der Waals surface area contributed by atoms with E-state index in [4.69, 9.17) is 5.11 Å². The van der Waals surface area contributed by atoms with Gasteiger partial charge in [0.2, 0.25) is 0 Å². The summed E-state index contributed by atoms with van der Waals surface area (Å²) in [6.07, 6.45) is 5.47. The molecule has 2 heteroatoms. The maximum atomic E-state index is 10.9. The Morgan fingerprint density at radius 3 is 2.25 bits per heavy atom. The Hall–Kier alpha value is -0.790. The summed E-state index contributed by atoms with van der Waals surface area (Å²) in [4.78, 5) is 10.9. The summed E-state index contributed by atoms with van der Waals surface area (Å²) in [7, 11) is 0. The predicted octanol–water partition coefficient (Wildman–Crippen LogP) is 4.01. The van der Waals surface area contributed by atoms with E-state index < -0.39 is 5.97 Å². The van der Waals surface area contributed by atoms with E-state index >= 15 is 0 Å². The number of carboxylic acids is 1. The minimum atomic E-state index is -0.747. The van der Waals surface area contributed by atoms with Crippen molar-refractivity contribution >= 4 is 5.97 Å². The van der Waals surface area contributed by atoms with E-state index in [-0.39, 0.29) is 0 Å². The molecule has 92 valence electrons. The highest BCUT2D eigenvalue weighted by Gasteiger charge is 2.30. The van der Waals surface area contributed by atoms with Crippen LogP contribution in [0.2, 0.25) is 0 Å². The van der Waals surface area contributed by atoms with Gasteiger partial charge >= 0.3 is 5.97 Å². The fourth-order valence-electron chi connectivity index (χ4n) is 2.56. The molecule has 1 rings (SSSR count). The van der Waals surface area contributed by atoms with Crippen molar-refractivity contribution in [3.8, 4) is 0 Å². The lowest BCUT2D eigenvalue weighted by atomic mass is 9.68. The second-order valence-corrected chi connectivity index (χ2v) is 5.65. The minimum Gasteiger partial charge on any atom is -0.478 e. The van der Waals surface area contributed by atoms with Crippen molar-refractivity contribution in [2.75, 3.05) is 0 Å². The molecule has 0 aliphatic heterocycles. The summed E-state index contributed by atoms with van der Waals surface area (Å²) in [6, 6.07) is 0. The van der Waals surface area contributed by atoms with Crippen molar-refractivity contribution in [1.82, 2.24) is 0 Å². The summed E-state index contributed by atoms with van der Waals surface area (Å²) in [5, 5.41) is 8.95. The molecule has 1 aliphatic rings. The summed E-state index contributed by atoms with van der Waals surface area (Å²) in [5.41, 5.74) is 2.14. The Morgan fingerprint density at radius 1 is 1.38 bits per heavy atom. The molecule has 0 aromatic rings. The molecule has 0 aromatic carbocycles. The molecule has 0 bridgehead atoms. The second kappa shape index (κ2) is 5.03. The number of carboxylic acid groups (broad SMARTS) is 1. The maximum absolute atomic E-state index is 10.9. The zero-order chi connectivity index (χ0) is 12.3. The molecule has 1 aliphatic carbocycles. The Balaban J connectivity index is 2.65. The first-order chi connectivity index (χ1) is 7.38. The van der Waals surface area contributed by atoms with Gasteiger partial charge in [-0.15, -0.1) is 0 Å². The molecule has 0 saturated heterocycles. The van der Waals surface area contributed by atoms with Gasteiger partial charge in [-0.25, -0.2) is 4.79 Å². The highest BCUT2D eigenvalue weighted by atomic mass is 16.4. The van der Waals surface area contributed by atoms with Crippen LogP contribution in [0.15, 0.2) is 11.1 Å². The molecule has 0 unspecified atom stereocenters. The molecule has 0 atom stereocenters. The molecule has 2 nitrogen and oxygen atoms in total. The van der Waals surface area contributed by atoms with Gasteiger partial charge in [0.15, 0.2) is 0 Å². The van der Waals surface area contributed by atoms with Crippen LogP contribution in [0.5, 0.6) is 0 Å². The average molecular weight is 224 g/mol. The van der Waals surface area contributed by atoms with Crippen LogP contribution in [0.4, 0.5) is 0 Å². The second-order valence-electron chi connectivity index (χ2n) is 5.65. The van der Waals surface area contributed by atoms with Crippen LogP contribution >= 0.6 is 0 Å². The first-order valence-corrected chi connectivity index (χ1v) is 6.30. The van der Waals surface area contributed by atoms with Crippen molar-refractivity contribution in [3.63, 3.8) is 0 Å². The van der Waals surface area contributed by atoms with Gasteiger partial charge in [-0.05, 0) is 43.9 Å². The number of rotatable bonds is 3. The zero-order valence-electron chi connectivity index (χ0n) is 11.0. The number of hydrogen-bond acceptors (Lipinski definition) is 1. The van der Waals surface area contributed by atoms with Gasteiger partial charge in [0.1, 0.15) is 0 Å². The summed E-state index contributed by atoms with van der Waals surface area (Å²) >= 11 is 0. The first kappa shape index (κ1) is 13.3. The Kier molecular flexibility index (Phi) is 4.17. The Bertz CT molecular complexity index is 290. The SMILES string of the molecule is CCC(C)(C)C1CCC(=C(C)C(=O)O)CC1. The normalized spacial score (nSPS) is 22.0. The lowest BCUT2D eigenvalue weighted by Gasteiger charge is -2.37. The van der Waals surface area contributed by atoms with Gasteiger partial charge in [-0.3, -0.25) is 0 Å². The molecule has 1 saturated carbocycles. The van der Waals surface area contributed by atoms with Gasteiger partial charge in [0.05, 0.1) is 0 Å². The molecule has 0 radical (unpaired) electrons. The van der Waals surface area contributed by atoms with E-state index in [1.807, 2.05) is 0 Å². The fourth-order valence-corrected chi connectivity index (χ4v) is 2.56. The third-order valence-electron chi connectivity index (χ3n) is 4.46. The average Bonchev–Trinajstić information content (AvgIpc) is 2.28. The molecule has 0 aromatic heterocycles. The van der Waals surface area contributed by atoms with Crippen LogP contribution in [-0.4, -0.2) is 11.1 Å². The first-order valence-electron chi connectivity index (χ1n) is 6.30. The van der Waals surface area contributed by atoms with Crippen LogP contribution in [0.3, 0.4) is 0 Å². The van der Waals surface area contributed by atoms with Crippen molar-refractivity contribution < 1.29 is 9.90 Å². The van der Waals surface area contributed by atoms with E-state index in [1.165, 1.54) is 6.42 Å². The quantitative estimate of drug-likeness (QED) is 0.735. The summed E-state index contributed by atoms with van der Waals surface area (Å²) < 4.78 is 0. The van der Waals surface area contributed by atoms with Crippen LogP contribution in [0.1, 0.15) is 59.8 Å². The smallest absolute Gasteiger partial charge is 0.331 e. The number of carbonyl (C=O) groups is 1. The zero-order valence-corrected chi connectivity index (χ0v) is 11.0. The van der Waals surface area contributed by atoms with Crippen molar-refractivity contribution in [2.45, 2.75) is 59.8 Å². The Morgan fingerprint density at radius 2 is 1.88 bits per heavy atom. The molecule has 0 spiro atoms. The van der Waals surface area contributed by atoms with Gasteiger partial charge in [0.25, 0.3) is 0 Å². The summed E-state index contributed by atoms with van der Waals surface area (Å²) in [6.45, 7) is 8.64. The van der Waals surface area contributed by atoms with Crippen LogP contribution in [0.25, 0.3) is 0 Å². The van der Waals surface area contributed by atoms with Crippen LogP contribution in [-0.2, 0) is 4.79 Å². The molecule has 0 amide bonds. The standard InChI is InChI=1S/C14H24O2/c1-5-14(3,4)12-8-6-11(7-9-12)10(2)13(15)16/h12H,5-9H2,1-4H3,(H,15,16). The predicted molar refractivity (Wildman–Crippen MR) is 66.4 cm³/mol. The highest BCUT2D eigenvalue weighted by molar-refractivity contribution is 5.86. The van der Waals surface area contributed by atoms with E-state index in [2.05, 4.69) is 20.8 Å². The van der Waals surface area contributed by atoms with Gasteiger partial charge in [0, 0.05) is 5.57 Å². The minimum absolute atomic E-state index is 0.405. The van der Waals surface area contributed by atoms with Gasteiger partial charge in [-0.2, -0.15) is 0 Å².